The van der Waals surface area contributed by atoms with E-state index in [9.17, 15) is 0 Å². The predicted molar refractivity (Wildman–Crippen MR) is 67.1 cm³/mol. The van der Waals surface area contributed by atoms with Gasteiger partial charge in [-0.3, -0.25) is 19.2 Å². The fraction of sp³-hybridized carbons (Fsp3) is 0.333. The summed E-state index contributed by atoms with van der Waals surface area (Å²) < 4.78 is 0. The van der Waals surface area contributed by atoms with Crippen LogP contribution in [-0.2, 0) is 9.59 Å². The van der Waals surface area contributed by atoms with Crippen molar-refractivity contribution in [3.05, 3.63) is 0 Å². The van der Waals surface area contributed by atoms with E-state index in [1.54, 1.807) is 0 Å². The fourth-order valence-corrected chi connectivity index (χ4v) is 0. The van der Waals surface area contributed by atoms with E-state index in [1.807, 2.05) is 0 Å². The third-order valence-electron chi connectivity index (χ3n) is 0. The number of carboxylic acids is 2. The van der Waals surface area contributed by atoms with Crippen LogP contribution in [0, 0.1) is 0 Å². The zero-order chi connectivity index (χ0) is 14.3. The predicted octanol–water partition coefficient (Wildman–Crippen LogP) is -8.48. The van der Waals surface area contributed by atoms with E-state index in [2.05, 4.69) is 36.7 Å². The second-order valence-corrected chi connectivity index (χ2v) is 2.60. The molecule has 0 aromatic carbocycles. The minimum Gasteiger partial charge on any atom is -1.00 e. The molecule has 6 N–H and O–H groups in total. The number of thiol groups is 2. The van der Waals surface area contributed by atoms with Crippen LogP contribution in [0.5, 0.6) is 0 Å². The number of amides is 2. The number of aliphatic carboxylic acids is 2. The van der Waals surface area contributed by atoms with Crippen molar-refractivity contribution in [2.24, 2.45) is 11.5 Å². The average molecular weight is 346 g/mol. The summed E-state index contributed by atoms with van der Waals surface area (Å²) in [4.78, 5) is 36.2. The quantitative estimate of drug-likeness (QED) is 0.189. The Bertz CT molecular complexity index is 194. The molecule has 19 heavy (non-hydrogen) atoms. The van der Waals surface area contributed by atoms with E-state index >= 15 is 0 Å². The SMILES string of the molecule is CC(=O)O.CC(=O)O.NC(=O)S.NC(=O)S.[H-].[H-].[H-].[Na+].[Na+].[Na+]. The molecular weight excluding hydrogens is 329 g/mol. The van der Waals surface area contributed by atoms with E-state index in [0.717, 1.165) is 13.8 Å². The van der Waals surface area contributed by atoms with Crippen LogP contribution in [0.2, 0.25) is 0 Å². The molecule has 0 aromatic rings. The molecule has 8 nitrogen and oxygen atoms in total. The van der Waals surface area contributed by atoms with Crippen LogP contribution >= 0.6 is 25.3 Å². The minimum atomic E-state index is -0.833. The molecule has 0 aliphatic heterocycles. The summed E-state index contributed by atoms with van der Waals surface area (Å²) in [7, 11) is 0. The smallest absolute Gasteiger partial charge is 1.00 e. The van der Waals surface area contributed by atoms with Crippen molar-refractivity contribution in [1.29, 1.82) is 0 Å². The van der Waals surface area contributed by atoms with Crippen molar-refractivity contribution < 1.29 is 122 Å². The van der Waals surface area contributed by atoms with Crippen LogP contribution in [0.15, 0.2) is 0 Å². The zero-order valence-electron chi connectivity index (χ0n) is 14.6. The number of hydrogen-bond donors (Lipinski definition) is 6. The van der Waals surface area contributed by atoms with Crippen LogP contribution in [0.4, 0.5) is 9.59 Å². The number of primary amides is 2. The van der Waals surface area contributed by atoms with Gasteiger partial charge in [-0.15, -0.1) is 0 Å². The monoisotopic (exact) mass is 346 g/mol. The molecule has 0 unspecified atom stereocenters. The molecule has 0 radical (unpaired) electrons. The molecule has 13 heteroatoms. The first-order chi connectivity index (χ1) is 6.93. The summed E-state index contributed by atoms with van der Waals surface area (Å²) in [5.74, 6) is -1.67. The van der Waals surface area contributed by atoms with Crippen molar-refractivity contribution in [2.45, 2.75) is 13.8 Å². The molecule has 0 fully saturated rings. The molecule has 0 saturated heterocycles. The molecule has 0 aliphatic carbocycles. The van der Waals surface area contributed by atoms with Gasteiger partial charge in [0.2, 0.25) is 0 Å². The summed E-state index contributed by atoms with van der Waals surface area (Å²) in [5, 5.41) is 13.6. The van der Waals surface area contributed by atoms with Gasteiger partial charge in [0, 0.05) is 13.8 Å². The molecule has 2 amide bonds. The van der Waals surface area contributed by atoms with Gasteiger partial charge in [0.15, 0.2) is 0 Å². The summed E-state index contributed by atoms with van der Waals surface area (Å²) in [6, 6.07) is 0. The summed E-state index contributed by atoms with van der Waals surface area (Å²) in [6.07, 6.45) is 0. The second kappa shape index (κ2) is 36.7. The Hall–Kier alpha value is 1.58. The fourth-order valence-electron chi connectivity index (χ4n) is 0. The molecule has 0 aromatic heterocycles. The van der Waals surface area contributed by atoms with Crippen molar-refractivity contribution in [3.63, 3.8) is 0 Å². The minimum absolute atomic E-state index is 0. The van der Waals surface area contributed by atoms with E-state index in [0.29, 0.717) is 0 Å². The van der Waals surface area contributed by atoms with Gasteiger partial charge in [-0.2, -0.15) is 0 Å². The third-order valence-corrected chi connectivity index (χ3v) is 0. The number of carbonyl (C=O) groups excluding carboxylic acids is 2. The number of carbonyl (C=O) groups is 4. The van der Waals surface area contributed by atoms with E-state index in [1.165, 1.54) is 0 Å². The topological polar surface area (TPSA) is 161 Å². The van der Waals surface area contributed by atoms with Crippen LogP contribution in [0.1, 0.15) is 18.1 Å². The molecular formula is C6H17N2Na3O6S2. The first-order valence-electron chi connectivity index (χ1n) is 3.29. The largest absolute Gasteiger partial charge is 1.00 e. The third kappa shape index (κ3) is 2420. The van der Waals surface area contributed by atoms with Crippen molar-refractivity contribution in [1.82, 2.24) is 0 Å². The van der Waals surface area contributed by atoms with Gasteiger partial charge >= 0.3 is 88.7 Å². The maximum atomic E-state index is 9.09. The maximum absolute atomic E-state index is 9.09. The van der Waals surface area contributed by atoms with Crippen LogP contribution < -0.4 is 100 Å². The second-order valence-electron chi connectivity index (χ2n) is 1.71. The number of rotatable bonds is 0. The molecule has 102 valence electrons. The zero-order valence-corrected chi connectivity index (χ0v) is 19.4. The van der Waals surface area contributed by atoms with E-state index < -0.39 is 22.4 Å². The van der Waals surface area contributed by atoms with Crippen LogP contribution in [-0.4, -0.2) is 32.6 Å². The normalized spacial score (nSPS) is 5.26. The van der Waals surface area contributed by atoms with Gasteiger partial charge in [-0.05, 0) is 0 Å². The first kappa shape index (κ1) is 42.8. The standard InChI is InChI=1S/2C2H4O2.2CH3NOS.3Na.3H/c2*1-2(3)4;2*2-1(3)4;;;;;;/h2*1H3,(H,3,4);2*(H3,2,3,4);;;;;;/q;;;;3*+1;3*-1. The molecule has 0 aliphatic rings. The molecule has 0 heterocycles. The number of nitrogens with two attached hydrogens (primary N) is 2. The Morgan fingerprint density at radius 3 is 0.789 bits per heavy atom. The van der Waals surface area contributed by atoms with E-state index in [-0.39, 0.29) is 93.0 Å². The van der Waals surface area contributed by atoms with Gasteiger partial charge in [0.05, 0.1) is 0 Å². The molecule has 0 spiro atoms. The van der Waals surface area contributed by atoms with Crippen LogP contribution in [0.3, 0.4) is 0 Å². The maximum Gasteiger partial charge on any atom is 1.00 e. The Morgan fingerprint density at radius 1 is 0.789 bits per heavy atom. The molecule has 0 rings (SSSR count). The van der Waals surface area contributed by atoms with Crippen molar-refractivity contribution >= 4 is 47.7 Å². The Labute approximate surface area is 193 Å². The van der Waals surface area contributed by atoms with Gasteiger partial charge < -0.3 is 26.0 Å². The Morgan fingerprint density at radius 2 is 0.789 bits per heavy atom. The summed E-state index contributed by atoms with van der Waals surface area (Å²) in [5.41, 5.74) is 8.67. The molecule has 0 saturated carbocycles. The Kier molecular flexibility index (Phi) is 82.5. The van der Waals surface area contributed by atoms with Crippen molar-refractivity contribution in [2.75, 3.05) is 0 Å². The van der Waals surface area contributed by atoms with Crippen LogP contribution in [0.25, 0.3) is 0 Å². The summed E-state index contributed by atoms with van der Waals surface area (Å²) in [6.45, 7) is 2.17. The van der Waals surface area contributed by atoms with Gasteiger partial charge in [-0.25, -0.2) is 0 Å². The Balaban J connectivity index is -0.00000001000. The van der Waals surface area contributed by atoms with Gasteiger partial charge in [0.25, 0.3) is 22.4 Å². The molecule has 0 atom stereocenters. The van der Waals surface area contributed by atoms with Crippen molar-refractivity contribution in [3.8, 4) is 0 Å². The van der Waals surface area contributed by atoms with Gasteiger partial charge in [0.1, 0.15) is 0 Å². The van der Waals surface area contributed by atoms with E-state index in [4.69, 9.17) is 29.4 Å². The number of hydrogen-bond acceptors (Lipinski definition) is 4. The number of carboxylic acid groups (broad SMARTS) is 2. The van der Waals surface area contributed by atoms with Gasteiger partial charge in [-0.1, -0.05) is 25.3 Å². The summed E-state index contributed by atoms with van der Waals surface area (Å²) >= 11 is 6.21. The molecule has 0 bridgehead atoms. The first-order valence-corrected chi connectivity index (χ1v) is 4.18. The average Bonchev–Trinajstić information content (AvgIpc) is 1.76.